The highest BCUT2D eigenvalue weighted by molar-refractivity contribution is 5.80. The van der Waals surface area contributed by atoms with Crippen LogP contribution < -0.4 is 14.2 Å². The molecule has 0 saturated carbocycles. The van der Waals surface area contributed by atoms with E-state index in [0.29, 0.717) is 43.3 Å². The van der Waals surface area contributed by atoms with Gasteiger partial charge in [0.2, 0.25) is 17.6 Å². The van der Waals surface area contributed by atoms with Crippen LogP contribution in [-0.2, 0) is 9.59 Å². The molecule has 0 unspecified atom stereocenters. The number of carbonyl (C=O) groups excluding carboxylic acids is 2. The zero-order chi connectivity index (χ0) is 23.6. The van der Waals surface area contributed by atoms with E-state index < -0.39 is 0 Å². The first-order valence-electron chi connectivity index (χ1n) is 11.8. The third kappa shape index (κ3) is 6.63. The molecule has 0 bridgehead atoms. The van der Waals surface area contributed by atoms with Crippen LogP contribution in [-0.4, -0.2) is 93.7 Å². The average Bonchev–Trinajstić information content (AvgIpc) is 3.13. The topological polar surface area (TPSA) is 71.6 Å². The highest BCUT2D eigenvalue weighted by Gasteiger charge is 2.24. The van der Waals surface area contributed by atoms with Gasteiger partial charge in [0.05, 0.1) is 27.9 Å². The van der Waals surface area contributed by atoms with Crippen molar-refractivity contribution in [3.8, 4) is 17.2 Å². The molecule has 0 radical (unpaired) electrons. The summed E-state index contributed by atoms with van der Waals surface area (Å²) < 4.78 is 16.2. The SMILES string of the molecule is COc1ccc(/C=C/CC(=O)N2CCN(CC(=O)N3CCCCCC3)CC2)c(OC)c1OC. The molecule has 2 saturated heterocycles. The molecule has 0 aromatic heterocycles. The summed E-state index contributed by atoms with van der Waals surface area (Å²) in [7, 11) is 4.73. The molecule has 2 aliphatic rings. The van der Waals surface area contributed by atoms with Gasteiger partial charge in [-0.15, -0.1) is 0 Å². The fraction of sp³-hybridized carbons (Fsp3) is 0.600. The van der Waals surface area contributed by atoms with Crippen molar-refractivity contribution in [2.75, 3.05) is 67.1 Å². The van der Waals surface area contributed by atoms with Gasteiger partial charge in [0, 0.05) is 51.3 Å². The van der Waals surface area contributed by atoms with Crippen LogP contribution in [0, 0.1) is 0 Å². The molecule has 3 rings (SSSR count). The Hall–Kier alpha value is -2.74. The van der Waals surface area contributed by atoms with Gasteiger partial charge in [0.25, 0.3) is 0 Å². The number of carbonyl (C=O) groups is 2. The molecule has 2 aliphatic heterocycles. The first-order valence-corrected chi connectivity index (χ1v) is 11.8. The monoisotopic (exact) mass is 459 g/mol. The molecule has 8 heteroatoms. The lowest BCUT2D eigenvalue weighted by molar-refractivity contribution is -0.134. The van der Waals surface area contributed by atoms with Gasteiger partial charge in [-0.2, -0.15) is 0 Å². The molecule has 1 aromatic rings. The van der Waals surface area contributed by atoms with Gasteiger partial charge in [0.1, 0.15) is 0 Å². The van der Waals surface area contributed by atoms with E-state index in [4.69, 9.17) is 14.2 Å². The molecule has 0 N–H and O–H groups in total. The van der Waals surface area contributed by atoms with Gasteiger partial charge in [-0.05, 0) is 25.0 Å². The van der Waals surface area contributed by atoms with Gasteiger partial charge in [-0.1, -0.05) is 25.0 Å². The Balaban J connectivity index is 1.47. The lowest BCUT2D eigenvalue weighted by Crippen LogP contribution is -2.51. The minimum absolute atomic E-state index is 0.0872. The summed E-state index contributed by atoms with van der Waals surface area (Å²) in [5.41, 5.74) is 0.819. The Morgan fingerprint density at radius 1 is 0.788 bits per heavy atom. The second-order valence-corrected chi connectivity index (χ2v) is 8.48. The van der Waals surface area contributed by atoms with E-state index in [-0.39, 0.29) is 11.8 Å². The molecule has 0 aliphatic carbocycles. The summed E-state index contributed by atoms with van der Waals surface area (Å²) in [6, 6.07) is 3.69. The van der Waals surface area contributed by atoms with Crippen LogP contribution in [0.1, 0.15) is 37.7 Å². The van der Waals surface area contributed by atoms with E-state index in [1.54, 1.807) is 21.3 Å². The van der Waals surface area contributed by atoms with Gasteiger partial charge >= 0.3 is 0 Å². The predicted molar refractivity (Wildman–Crippen MR) is 128 cm³/mol. The number of methoxy groups -OCH3 is 3. The first kappa shape index (κ1) is 24.9. The summed E-state index contributed by atoms with van der Waals surface area (Å²) in [6.07, 6.45) is 8.68. The lowest BCUT2D eigenvalue weighted by Gasteiger charge is -2.35. The summed E-state index contributed by atoms with van der Waals surface area (Å²) in [6.45, 7) is 5.00. The third-order valence-electron chi connectivity index (χ3n) is 6.37. The summed E-state index contributed by atoms with van der Waals surface area (Å²) in [5.74, 6) is 2.00. The molecule has 2 heterocycles. The van der Waals surface area contributed by atoms with Crippen LogP contribution in [0.2, 0.25) is 0 Å². The number of hydrogen-bond donors (Lipinski definition) is 0. The second kappa shape index (κ2) is 12.5. The van der Waals surface area contributed by atoms with Crippen molar-refractivity contribution < 1.29 is 23.8 Å². The third-order valence-corrected chi connectivity index (χ3v) is 6.37. The number of rotatable bonds is 8. The van der Waals surface area contributed by atoms with Crippen LogP contribution in [0.4, 0.5) is 0 Å². The Morgan fingerprint density at radius 3 is 2.03 bits per heavy atom. The van der Waals surface area contributed by atoms with Gasteiger partial charge < -0.3 is 24.0 Å². The van der Waals surface area contributed by atoms with E-state index in [1.165, 1.54) is 12.8 Å². The number of hydrogen-bond acceptors (Lipinski definition) is 6. The molecule has 8 nitrogen and oxygen atoms in total. The van der Waals surface area contributed by atoms with Crippen molar-refractivity contribution >= 4 is 17.9 Å². The summed E-state index contributed by atoms with van der Waals surface area (Å²) >= 11 is 0. The van der Waals surface area contributed by atoms with Crippen LogP contribution in [0.3, 0.4) is 0 Å². The summed E-state index contributed by atoms with van der Waals surface area (Å²) in [5, 5.41) is 0. The molecule has 182 valence electrons. The number of ether oxygens (including phenoxy) is 3. The van der Waals surface area contributed by atoms with E-state index in [0.717, 1.165) is 44.6 Å². The number of amides is 2. The number of nitrogens with zero attached hydrogens (tertiary/aromatic N) is 3. The smallest absolute Gasteiger partial charge is 0.236 e. The quantitative estimate of drug-likeness (QED) is 0.595. The zero-order valence-electron chi connectivity index (χ0n) is 20.2. The molecule has 33 heavy (non-hydrogen) atoms. The number of piperazine rings is 1. The van der Waals surface area contributed by atoms with Crippen LogP contribution in [0.15, 0.2) is 18.2 Å². The number of benzene rings is 1. The molecular formula is C25H37N3O5. The highest BCUT2D eigenvalue weighted by atomic mass is 16.5. The van der Waals surface area contributed by atoms with E-state index in [9.17, 15) is 9.59 Å². The fourth-order valence-electron chi connectivity index (χ4n) is 4.44. The molecule has 1 aromatic carbocycles. The van der Waals surface area contributed by atoms with Crippen molar-refractivity contribution in [1.29, 1.82) is 0 Å². The maximum atomic E-state index is 12.7. The maximum Gasteiger partial charge on any atom is 0.236 e. The Labute approximate surface area is 197 Å². The predicted octanol–water partition coefficient (Wildman–Crippen LogP) is 2.66. The molecule has 2 fully saturated rings. The van der Waals surface area contributed by atoms with Gasteiger partial charge in [0.15, 0.2) is 11.5 Å². The van der Waals surface area contributed by atoms with Crippen LogP contribution in [0.25, 0.3) is 6.08 Å². The van der Waals surface area contributed by atoms with Crippen molar-refractivity contribution in [1.82, 2.24) is 14.7 Å². The van der Waals surface area contributed by atoms with Crippen molar-refractivity contribution in [2.24, 2.45) is 0 Å². The zero-order valence-corrected chi connectivity index (χ0v) is 20.2. The summed E-state index contributed by atoms with van der Waals surface area (Å²) in [4.78, 5) is 31.4. The molecule has 0 spiro atoms. The Morgan fingerprint density at radius 2 is 1.42 bits per heavy atom. The highest BCUT2D eigenvalue weighted by Crippen LogP contribution is 2.40. The van der Waals surface area contributed by atoms with Crippen molar-refractivity contribution in [2.45, 2.75) is 32.1 Å². The van der Waals surface area contributed by atoms with Gasteiger partial charge in [-0.25, -0.2) is 0 Å². The van der Waals surface area contributed by atoms with Crippen LogP contribution in [0.5, 0.6) is 17.2 Å². The van der Waals surface area contributed by atoms with Gasteiger partial charge in [-0.3, -0.25) is 14.5 Å². The van der Waals surface area contributed by atoms with Crippen LogP contribution >= 0.6 is 0 Å². The lowest BCUT2D eigenvalue weighted by atomic mass is 10.1. The van der Waals surface area contributed by atoms with Crippen molar-refractivity contribution in [3.05, 3.63) is 23.8 Å². The fourth-order valence-corrected chi connectivity index (χ4v) is 4.44. The van der Waals surface area contributed by atoms with E-state index >= 15 is 0 Å². The van der Waals surface area contributed by atoms with E-state index in [2.05, 4.69) is 4.90 Å². The average molecular weight is 460 g/mol. The normalized spacial score (nSPS) is 17.7. The standard InChI is InChI=1S/C25H37N3O5/c1-31-21-12-11-20(24(32-2)25(21)33-3)9-8-10-22(29)28-17-15-26(16-18-28)19-23(30)27-13-6-4-5-7-14-27/h8-9,11-12H,4-7,10,13-19H2,1-3H3/b9-8+. The minimum Gasteiger partial charge on any atom is -0.493 e. The molecule has 2 amide bonds. The Bertz CT molecular complexity index is 826. The first-order chi connectivity index (χ1) is 16.1. The minimum atomic E-state index is 0.0872. The largest absolute Gasteiger partial charge is 0.493 e. The molecule has 0 atom stereocenters. The number of likely N-dealkylation sites (tertiary alicyclic amines) is 1. The second-order valence-electron chi connectivity index (χ2n) is 8.48. The molecular weight excluding hydrogens is 422 g/mol. The maximum absolute atomic E-state index is 12.7. The Kier molecular flexibility index (Phi) is 9.42. The van der Waals surface area contributed by atoms with E-state index in [1.807, 2.05) is 34.1 Å². The van der Waals surface area contributed by atoms with Crippen molar-refractivity contribution in [3.63, 3.8) is 0 Å².